The lowest BCUT2D eigenvalue weighted by atomic mass is 10.1. The molecule has 3 heteroatoms. The van der Waals surface area contributed by atoms with Crippen LogP contribution in [-0.4, -0.2) is 4.98 Å². The quantitative estimate of drug-likeness (QED) is 0.776. The second-order valence-electron chi connectivity index (χ2n) is 4.09. The van der Waals surface area contributed by atoms with Crippen molar-refractivity contribution >= 4 is 15.9 Å². The fraction of sp³-hybridized carbons (Fsp3) is 0.357. The van der Waals surface area contributed by atoms with Crippen LogP contribution < -0.4 is 0 Å². The molecule has 1 aromatic heterocycles. The first kappa shape index (κ1) is 12.4. The SMILES string of the molecule is CCCc1ccc(-c2nc(C)oc2CBr)cc1. The summed E-state index contributed by atoms with van der Waals surface area (Å²) in [5.74, 6) is 1.61. The van der Waals surface area contributed by atoms with Crippen molar-refractivity contribution in [1.82, 2.24) is 4.98 Å². The lowest BCUT2D eigenvalue weighted by Gasteiger charge is -2.01. The molecule has 2 nitrogen and oxygen atoms in total. The zero-order valence-corrected chi connectivity index (χ0v) is 11.8. The summed E-state index contributed by atoms with van der Waals surface area (Å²) in [6, 6.07) is 8.57. The second-order valence-corrected chi connectivity index (χ2v) is 4.65. The molecule has 2 rings (SSSR count). The van der Waals surface area contributed by atoms with Crippen molar-refractivity contribution in [2.24, 2.45) is 0 Å². The molecule has 0 fully saturated rings. The first-order valence-electron chi connectivity index (χ1n) is 5.86. The fourth-order valence-corrected chi connectivity index (χ4v) is 2.28. The van der Waals surface area contributed by atoms with Crippen LogP contribution in [0.25, 0.3) is 11.3 Å². The van der Waals surface area contributed by atoms with Gasteiger partial charge < -0.3 is 4.42 Å². The molecule has 1 heterocycles. The van der Waals surface area contributed by atoms with Gasteiger partial charge >= 0.3 is 0 Å². The molecule has 0 radical (unpaired) electrons. The molecule has 0 spiro atoms. The van der Waals surface area contributed by atoms with Crippen LogP contribution in [-0.2, 0) is 11.8 Å². The molecule has 0 saturated carbocycles. The van der Waals surface area contributed by atoms with Gasteiger partial charge in [0.05, 0.1) is 5.33 Å². The number of alkyl halides is 1. The Morgan fingerprint density at radius 2 is 1.94 bits per heavy atom. The van der Waals surface area contributed by atoms with Crippen LogP contribution in [0.1, 0.15) is 30.6 Å². The van der Waals surface area contributed by atoms with E-state index in [-0.39, 0.29) is 0 Å². The third-order valence-corrected chi connectivity index (χ3v) is 3.20. The standard InChI is InChI=1S/C14H16BrNO/c1-3-4-11-5-7-12(8-6-11)14-13(9-15)17-10(2)16-14/h5-8H,3-4,9H2,1-2H3. The summed E-state index contributed by atoms with van der Waals surface area (Å²) in [6.07, 6.45) is 2.30. The predicted octanol–water partition coefficient (Wildman–Crippen LogP) is 4.50. The Hall–Kier alpha value is -1.09. The summed E-state index contributed by atoms with van der Waals surface area (Å²) in [6.45, 7) is 4.07. The molecule has 90 valence electrons. The molecule has 0 bridgehead atoms. The smallest absolute Gasteiger partial charge is 0.191 e. The van der Waals surface area contributed by atoms with E-state index >= 15 is 0 Å². The van der Waals surface area contributed by atoms with Crippen molar-refractivity contribution in [1.29, 1.82) is 0 Å². The molecule has 0 amide bonds. The molecule has 2 aromatic rings. The minimum atomic E-state index is 0.694. The maximum atomic E-state index is 5.54. The first-order chi connectivity index (χ1) is 8.24. The summed E-state index contributed by atoms with van der Waals surface area (Å²) in [5, 5.41) is 0.694. The zero-order chi connectivity index (χ0) is 12.3. The number of benzene rings is 1. The van der Waals surface area contributed by atoms with Crippen molar-refractivity contribution < 1.29 is 4.42 Å². The average molecular weight is 294 g/mol. The molecular formula is C14H16BrNO. The summed E-state index contributed by atoms with van der Waals surface area (Å²) < 4.78 is 5.54. The van der Waals surface area contributed by atoms with Crippen LogP contribution in [0.2, 0.25) is 0 Å². The van der Waals surface area contributed by atoms with Gasteiger partial charge in [-0.1, -0.05) is 53.5 Å². The Labute approximate surface area is 110 Å². The Morgan fingerprint density at radius 3 is 2.53 bits per heavy atom. The van der Waals surface area contributed by atoms with Crippen LogP contribution >= 0.6 is 15.9 Å². The normalized spacial score (nSPS) is 10.8. The molecule has 0 saturated heterocycles. The van der Waals surface area contributed by atoms with E-state index < -0.39 is 0 Å². The number of halogens is 1. The molecule has 17 heavy (non-hydrogen) atoms. The molecular weight excluding hydrogens is 278 g/mol. The predicted molar refractivity (Wildman–Crippen MR) is 73.3 cm³/mol. The van der Waals surface area contributed by atoms with Gasteiger partial charge in [-0.25, -0.2) is 4.98 Å². The Balaban J connectivity index is 2.32. The van der Waals surface area contributed by atoms with Gasteiger partial charge in [-0.15, -0.1) is 0 Å². The van der Waals surface area contributed by atoms with Crippen LogP contribution in [0.15, 0.2) is 28.7 Å². The summed E-state index contributed by atoms with van der Waals surface area (Å²) in [7, 11) is 0. The highest BCUT2D eigenvalue weighted by atomic mass is 79.9. The average Bonchev–Trinajstić information content (AvgIpc) is 2.72. The fourth-order valence-electron chi connectivity index (χ4n) is 1.90. The molecule has 0 aliphatic carbocycles. The molecule has 0 aliphatic rings. The van der Waals surface area contributed by atoms with E-state index in [0.29, 0.717) is 11.2 Å². The minimum Gasteiger partial charge on any atom is -0.444 e. The molecule has 0 N–H and O–H groups in total. The summed E-state index contributed by atoms with van der Waals surface area (Å²) in [4.78, 5) is 4.43. The van der Waals surface area contributed by atoms with Gasteiger partial charge in [0.1, 0.15) is 11.5 Å². The minimum absolute atomic E-state index is 0.694. The highest BCUT2D eigenvalue weighted by molar-refractivity contribution is 9.08. The highest BCUT2D eigenvalue weighted by Gasteiger charge is 2.11. The van der Waals surface area contributed by atoms with Crippen molar-refractivity contribution in [3.8, 4) is 11.3 Å². The lowest BCUT2D eigenvalue weighted by Crippen LogP contribution is -1.86. The monoisotopic (exact) mass is 293 g/mol. The lowest BCUT2D eigenvalue weighted by molar-refractivity contribution is 0.492. The van der Waals surface area contributed by atoms with Crippen LogP contribution in [0.4, 0.5) is 0 Å². The number of hydrogen-bond acceptors (Lipinski definition) is 2. The number of rotatable bonds is 4. The van der Waals surface area contributed by atoms with E-state index in [1.165, 1.54) is 12.0 Å². The van der Waals surface area contributed by atoms with Gasteiger partial charge in [0.15, 0.2) is 5.89 Å². The number of aromatic nitrogens is 1. The van der Waals surface area contributed by atoms with Crippen LogP contribution in [0, 0.1) is 6.92 Å². The highest BCUT2D eigenvalue weighted by Crippen LogP contribution is 2.26. The van der Waals surface area contributed by atoms with E-state index in [1.807, 2.05) is 6.92 Å². The van der Waals surface area contributed by atoms with E-state index in [4.69, 9.17) is 4.42 Å². The van der Waals surface area contributed by atoms with Crippen LogP contribution in [0.3, 0.4) is 0 Å². The maximum absolute atomic E-state index is 5.54. The third kappa shape index (κ3) is 2.78. The van der Waals surface area contributed by atoms with Gasteiger partial charge in [-0.2, -0.15) is 0 Å². The molecule has 1 aromatic carbocycles. The van der Waals surface area contributed by atoms with E-state index in [2.05, 4.69) is 52.1 Å². The Kier molecular flexibility index (Phi) is 4.00. The van der Waals surface area contributed by atoms with Crippen LogP contribution in [0.5, 0.6) is 0 Å². The third-order valence-electron chi connectivity index (χ3n) is 2.69. The number of hydrogen-bond donors (Lipinski definition) is 0. The second kappa shape index (κ2) is 5.50. The van der Waals surface area contributed by atoms with Gasteiger partial charge in [-0.05, 0) is 12.0 Å². The number of oxazole rings is 1. The molecule has 0 atom stereocenters. The number of aryl methyl sites for hydroxylation is 2. The maximum Gasteiger partial charge on any atom is 0.191 e. The van der Waals surface area contributed by atoms with Gasteiger partial charge in [0, 0.05) is 12.5 Å². The van der Waals surface area contributed by atoms with Gasteiger partial charge in [0.2, 0.25) is 0 Å². The zero-order valence-electron chi connectivity index (χ0n) is 10.2. The van der Waals surface area contributed by atoms with E-state index in [9.17, 15) is 0 Å². The molecule has 0 unspecified atom stereocenters. The topological polar surface area (TPSA) is 26.0 Å². The molecule has 0 aliphatic heterocycles. The van der Waals surface area contributed by atoms with Gasteiger partial charge in [-0.3, -0.25) is 0 Å². The van der Waals surface area contributed by atoms with Gasteiger partial charge in [0.25, 0.3) is 0 Å². The number of nitrogens with zero attached hydrogens (tertiary/aromatic N) is 1. The largest absolute Gasteiger partial charge is 0.444 e. The summed E-state index contributed by atoms with van der Waals surface area (Å²) >= 11 is 3.42. The Morgan fingerprint density at radius 1 is 1.24 bits per heavy atom. The van der Waals surface area contributed by atoms with Crippen molar-refractivity contribution in [3.63, 3.8) is 0 Å². The van der Waals surface area contributed by atoms with E-state index in [1.54, 1.807) is 0 Å². The van der Waals surface area contributed by atoms with Crippen molar-refractivity contribution in [2.45, 2.75) is 32.0 Å². The van der Waals surface area contributed by atoms with E-state index in [0.717, 1.165) is 23.4 Å². The van der Waals surface area contributed by atoms with Crippen molar-refractivity contribution in [2.75, 3.05) is 0 Å². The summed E-state index contributed by atoms with van der Waals surface area (Å²) in [5.41, 5.74) is 3.44. The van der Waals surface area contributed by atoms with Crippen molar-refractivity contribution in [3.05, 3.63) is 41.5 Å². The Bertz CT molecular complexity index is 487. The first-order valence-corrected chi connectivity index (χ1v) is 6.98.